The van der Waals surface area contributed by atoms with Gasteiger partial charge in [-0.05, 0) is 64.1 Å². The fraction of sp³-hybridized carbons (Fsp3) is 0.667. The van der Waals surface area contributed by atoms with E-state index >= 15 is 0 Å². The van der Waals surface area contributed by atoms with Gasteiger partial charge in [0.2, 0.25) is 0 Å². The first kappa shape index (κ1) is 16.5. The molecule has 0 radical (unpaired) electrons. The summed E-state index contributed by atoms with van der Waals surface area (Å²) in [5, 5.41) is 3.60. The van der Waals surface area contributed by atoms with Gasteiger partial charge in [0.25, 0.3) is 0 Å². The maximum Gasteiger partial charge on any atom is 0.0233 e. The Morgan fingerprint density at radius 1 is 1.14 bits per heavy atom. The van der Waals surface area contributed by atoms with Crippen LogP contribution in [0.1, 0.15) is 37.3 Å². The van der Waals surface area contributed by atoms with Crippen LogP contribution in [0, 0.1) is 0 Å². The second-order valence-corrected chi connectivity index (χ2v) is 6.50. The van der Waals surface area contributed by atoms with Crippen molar-refractivity contribution in [3.8, 4) is 0 Å². The predicted octanol–water partition coefficient (Wildman–Crippen LogP) is 2.71. The van der Waals surface area contributed by atoms with Gasteiger partial charge in [-0.3, -0.25) is 4.90 Å². The molecule has 21 heavy (non-hydrogen) atoms. The third kappa shape index (κ3) is 6.60. The predicted molar refractivity (Wildman–Crippen MR) is 90.4 cm³/mol. The minimum atomic E-state index is 0.784. The Bertz CT molecular complexity index is 413. The molecule has 0 amide bonds. The van der Waals surface area contributed by atoms with Crippen LogP contribution < -0.4 is 5.32 Å². The number of rotatable bonds is 10. The van der Waals surface area contributed by atoms with Gasteiger partial charge in [0.1, 0.15) is 0 Å². The maximum absolute atomic E-state index is 3.60. The highest BCUT2D eigenvalue weighted by molar-refractivity contribution is 5.23. The standard InChI is InChI=1S/C18H31N3/c1-4-21(12-6-11-20(2)3)15-17-8-5-7-16(13-17)14-19-18-9-10-18/h5,7-8,13,18-19H,4,6,9-12,14-15H2,1-3H3. The zero-order valence-electron chi connectivity index (χ0n) is 13.9. The van der Waals surface area contributed by atoms with Crippen molar-refractivity contribution in [2.75, 3.05) is 33.7 Å². The summed E-state index contributed by atoms with van der Waals surface area (Å²) < 4.78 is 0. The molecular formula is C18H31N3. The van der Waals surface area contributed by atoms with E-state index in [1.807, 2.05) is 0 Å². The topological polar surface area (TPSA) is 18.5 Å². The van der Waals surface area contributed by atoms with Gasteiger partial charge in [-0.2, -0.15) is 0 Å². The zero-order valence-corrected chi connectivity index (χ0v) is 13.9. The Kier molecular flexibility index (Phi) is 6.68. The molecule has 0 saturated heterocycles. The molecule has 3 heteroatoms. The first-order valence-electron chi connectivity index (χ1n) is 8.35. The van der Waals surface area contributed by atoms with Crippen LogP contribution in [-0.2, 0) is 13.1 Å². The summed E-state index contributed by atoms with van der Waals surface area (Å²) in [6.45, 7) is 7.82. The van der Waals surface area contributed by atoms with Crippen LogP contribution in [0.5, 0.6) is 0 Å². The summed E-state index contributed by atoms with van der Waals surface area (Å²) >= 11 is 0. The molecule has 1 aromatic carbocycles. The van der Waals surface area contributed by atoms with Crippen LogP contribution in [0.15, 0.2) is 24.3 Å². The summed E-state index contributed by atoms with van der Waals surface area (Å²) in [7, 11) is 4.29. The molecule has 118 valence electrons. The van der Waals surface area contributed by atoms with E-state index in [1.165, 1.54) is 43.5 Å². The Balaban J connectivity index is 1.79. The maximum atomic E-state index is 3.60. The number of hydrogen-bond acceptors (Lipinski definition) is 3. The lowest BCUT2D eigenvalue weighted by molar-refractivity contribution is 0.259. The highest BCUT2D eigenvalue weighted by Crippen LogP contribution is 2.19. The number of hydrogen-bond donors (Lipinski definition) is 1. The second-order valence-electron chi connectivity index (χ2n) is 6.50. The Labute approximate surface area is 130 Å². The van der Waals surface area contributed by atoms with Gasteiger partial charge < -0.3 is 10.2 Å². The molecule has 1 aromatic rings. The van der Waals surface area contributed by atoms with Crippen molar-refractivity contribution in [3.05, 3.63) is 35.4 Å². The van der Waals surface area contributed by atoms with Crippen molar-refractivity contribution < 1.29 is 0 Å². The van der Waals surface area contributed by atoms with Crippen LogP contribution in [0.4, 0.5) is 0 Å². The van der Waals surface area contributed by atoms with Gasteiger partial charge in [-0.25, -0.2) is 0 Å². The van der Waals surface area contributed by atoms with Crippen LogP contribution in [0.2, 0.25) is 0 Å². The molecule has 0 atom stereocenters. The fourth-order valence-corrected chi connectivity index (χ4v) is 2.61. The van der Waals surface area contributed by atoms with Crippen LogP contribution in [0.3, 0.4) is 0 Å². The summed E-state index contributed by atoms with van der Waals surface area (Å²) in [5.41, 5.74) is 2.86. The molecule has 2 rings (SSSR count). The Morgan fingerprint density at radius 2 is 1.90 bits per heavy atom. The van der Waals surface area contributed by atoms with E-state index in [2.05, 4.69) is 60.4 Å². The molecule has 1 aliphatic carbocycles. The lowest BCUT2D eigenvalue weighted by Crippen LogP contribution is -2.27. The monoisotopic (exact) mass is 289 g/mol. The van der Waals surface area contributed by atoms with Crippen LogP contribution >= 0.6 is 0 Å². The summed E-state index contributed by atoms with van der Waals surface area (Å²) in [4.78, 5) is 4.80. The van der Waals surface area contributed by atoms with E-state index in [-0.39, 0.29) is 0 Å². The van der Waals surface area contributed by atoms with Gasteiger partial charge in [0.05, 0.1) is 0 Å². The lowest BCUT2D eigenvalue weighted by atomic mass is 10.1. The van der Waals surface area contributed by atoms with Gasteiger partial charge in [0.15, 0.2) is 0 Å². The van der Waals surface area contributed by atoms with Crippen LogP contribution in [-0.4, -0.2) is 49.6 Å². The number of benzene rings is 1. The Morgan fingerprint density at radius 3 is 2.57 bits per heavy atom. The Hall–Kier alpha value is -0.900. The molecule has 0 unspecified atom stereocenters. The highest BCUT2D eigenvalue weighted by Gasteiger charge is 2.19. The third-order valence-corrected chi connectivity index (χ3v) is 4.10. The van der Waals surface area contributed by atoms with Gasteiger partial charge in [-0.1, -0.05) is 31.2 Å². The van der Waals surface area contributed by atoms with E-state index < -0.39 is 0 Å². The first-order valence-corrected chi connectivity index (χ1v) is 8.35. The summed E-state index contributed by atoms with van der Waals surface area (Å²) in [6, 6.07) is 9.85. The van der Waals surface area contributed by atoms with Crippen molar-refractivity contribution in [1.29, 1.82) is 0 Å². The van der Waals surface area contributed by atoms with Gasteiger partial charge >= 0.3 is 0 Å². The van der Waals surface area contributed by atoms with E-state index in [4.69, 9.17) is 0 Å². The molecular weight excluding hydrogens is 258 g/mol. The second kappa shape index (κ2) is 8.52. The molecule has 1 saturated carbocycles. The molecule has 0 bridgehead atoms. The van der Waals surface area contributed by atoms with E-state index in [9.17, 15) is 0 Å². The molecule has 3 nitrogen and oxygen atoms in total. The average molecular weight is 289 g/mol. The SMILES string of the molecule is CCN(CCCN(C)C)Cc1cccc(CNC2CC2)c1. The molecule has 0 aliphatic heterocycles. The van der Waals surface area contributed by atoms with Gasteiger partial charge in [-0.15, -0.1) is 0 Å². The first-order chi connectivity index (χ1) is 10.2. The van der Waals surface area contributed by atoms with Crippen molar-refractivity contribution in [1.82, 2.24) is 15.1 Å². The fourth-order valence-electron chi connectivity index (χ4n) is 2.61. The van der Waals surface area contributed by atoms with Crippen molar-refractivity contribution in [3.63, 3.8) is 0 Å². The molecule has 0 heterocycles. The van der Waals surface area contributed by atoms with E-state index in [0.717, 1.165) is 25.7 Å². The molecule has 1 aliphatic rings. The molecule has 1 fully saturated rings. The average Bonchev–Trinajstić information content (AvgIpc) is 3.28. The van der Waals surface area contributed by atoms with Gasteiger partial charge in [0, 0.05) is 19.1 Å². The quantitative estimate of drug-likeness (QED) is 0.714. The highest BCUT2D eigenvalue weighted by atomic mass is 15.1. The van der Waals surface area contributed by atoms with E-state index in [0.29, 0.717) is 0 Å². The minimum absolute atomic E-state index is 0.784. The molecule has 0 spiro atoms. The van der Waals surface area contributed by atoms with Crippen molar-refractivity contribution >= 4 is 0 Å². The number of nitrogens with one attached hydrogen (secondary N) is 1. The third-order valence-electron chi connectivity index (χ3n) is 4.10. The van der Waals surface area contributed by atoms with E-state index in [1.54, 1.807) is 0 Å². The lowest BCUT2D eigenvalue weighted by Gasteiger charge is -2.21. The smallest absolute Gasteiger partial charge is 0.0233 e. The summed E-state index contributed by atoms with van der Waals surface area (Å²) in [5.74, 6) is 0. The number of nitrogens with zero attached hydrogens (tertiary/aromatic N) is 2. The normalized spacial score (nSPS) is 15.1. The molecule has 0 aromatic heterocycles. The minimum Gasteiger partial charge on any atom is -0.310 e. The van der Waals surface area contributed by atoms with Crippen molar-refractivity contribution in [2.45, 2.75) is 45.3 Å². The van der Waals surface area contributed by atoms with Crippen LogP contribution in [0.25, 0.3) is 0 Å². The summed E-state index contributed by atoms with van der Waals surface area (Å²) in [6.07, 6.45) is 3.95. The zero-order chi connectivity index (χ0) is 15.1. The largest absolute Gasteiger partial charge is 0.310 e. The van der Waals surface area contributed by atoms with Crippen molar-refractivity contribution in [2.24, 2.45) is 0 Å². The molecule has 1 N–H and O–H groups in total.